The fourth-order valence-corrected chi connectivity index (χ4v) is 6.80. The molecule has 5 rings (SSSR count). The topological polar surface area (TPSA) is 122 Å². The number of fused-ring (bicyclic) bond motifs is 2. The van der Waals surface area contributed by atoms with Crippen molar-refractivity contribution in [3.8, 4) is 17.0 Å². The van der Waals surface area contributed by atoms with Crippen LogP contribution in [0.15, 0.2) is 54.7 Å². The minimum Gasteiger partial charge on any atom is -0.494 e. The Hall–Kier alpha value is -4.42. The van der Waals surface area contributed by atoms with Crippen molar-refractivity contribution in [1.29, 1.82) is 0 Å². The number of aryl methyl sites for hydroxylation is 2. The molecule has 0 fully saturated rings. The highest BCUT2D eigenvalue weighted by molar-refractivity contribution is 7.90. The van der Waals surface area contributed by atoms with E-state index < -0.39 is 9.84 Å². The Labute approximate surface area is 258 Å². The number of para-hydroxylation sites is 1. The van der Waals surface area contributed by atoms with Crippen LogP contribution in [0, 0.1) is 0 Å². The monoisotopic (exact) mass is 617 g/mol. The molecular weight excluding hydrogens is 578 g/mol. The number of allylic oxidation sites excluding steroid dienone is 1. The zero-order chi connectivity index (χ0) is 31.6. The maximum absolute atomic E-state index is 12.7. The van der Waals surface area contributed by atoms with Gasteiger partial charge in [0.2, 0.25) is 11.9 Å². The number of methoxy groups -OCH3 is 1. The lowest BCUT2D eigenvalue weighted by Gasteiger charge is -2.26. The van der Waals surface area contributed by atoms with Gasteiger partial charge < -0.3 is 29.7 Å². The van der Waals surface area contributed by atoms with E-state index in [1.807, 2.05) is 75.4 Å². The third kappa shape index (κ3) is 6.56. The summed E-state index contributed by atoms with van der Waals surface area (Å²) in [6, 6.07) is 11.7. The Kier molecular flexibility index (Phi) is 8.93. The van der Waals surface area contributed by atoms with E-state index in [1.54, 1.807) is 20.1 Å². The summed E-state index contributed by atoms with van der Waals surface area (Å²) in [6.45, 7) is 3.33. The molecule has 2 aromatic heterocycles. The second kappa shape index (κ2) is 12.7. The van der Waals surface area contributed by atoms with Crippen LogP contribution in [0.1, 0.15) is 18.2 Å². The van der Waals surface area contributed by atoms with Crippen LogP contribution in [0.2, 0.25) is 0 Å². The molecule has 44 heavy (non-hydrogen) atoms. The lowest BCUT2D eigenvalue weighted by molar-refractivity contribution is -0.111. The van der Waals surface area contributed by atoms with Gasteiger partial charge in [-0.15, -0.1) is 0 Å². The first-order chi connectivity index (χ1) is 21.0. The Morgan fingerprint density at radius 1 is 1.11 bits per heavy atom. The molecule has 0 aliphatic carbocycles. The Morgan fingerprint density at radius 3 is 2.61 bits per heavy atom. The molecule has 0 spiro atoms. The molecule has 3 heterocycles. The first kappa shape index (κ1) is 31.0. The van der Waals surface area contributed by atoms with Crippen molar-refractivity contribution in [1.82, 2.24) is 19.4 Å². The van der Waals surface area contributed by atoms with Gasteiger partial charge in [-0.3, -0.25) is 4.79 Å². The van der Waals surface area contributed by atoms with Gasteiger partial charge in [0.05, 0.1) is 47.1 Å². The molecule has 11 nitrogen and oxygen atoms in total. The number of hydrogen-bond acceptors (Lipinski definition) is 9. The van der Waals surface area contributed by atoms with Crippen molar-refractivity contribution in [3.63, 3.8) is 0 Å². The molecular formula is C32H39N7O4S. The van der Waals surface area contributed by atoms with Gasteiger partial charge in [0, 0.05) is 67.9 Å². The van der Waals surface area contributed by atoms with E-state index in [9.17, 15) is 13.2 Å². The van der Waals surface area contributed by atoms with Gasteiger partial charge in [-0.25, -0.2) is 18.4 Å². The first-order valence-electron chi connectivity index (χ1n) is 14.4. The van der Waals surface area contributed by atoms with Crippen molar-refractivity contribution in [2.75, 3.05) is 62.6 Å². The number of likely N-dealkylation sites (N-methyl/N-ethyl adjacent to an activating group) is 2. The largest absolute Gasteiger partial charge is 0.494 e. The molecule has 1 amide bonds. The summed E-state index contributed by atoms with van der Waals surface area (Å²) in [5.41, 5.74) is 5.70. The van der Waals surface area contributed by atoms with E-state index in [0.29, 0.717) is 46.4 Å². The van der Waals surface area contributed by atoms with Gasteiger partial charge in [0.25, 0.3) is 0 Å². The molecule has 2 aromatic carbocycles. The molecule has 0 radical (unpaired) electrons. The van der Waals surface area contributed by atoms with Gasteiger partial charge in [-0.2, -0.15) is 0 Å². The predicted molar refractivity (Wildman–Crippen MR) is 177 cm³/mol. The van der Waals surface area contributed by atoms with Crippen molar-refractivity contribution < 1.29 is 17.9 Å². The normalized spacial score (nSPS) is 14.2. The molecule has 1 aliphatic rings. The SMILES string of the molecule is C/C=C\C(=O)Nc1cc(Nc2nc3c(c(-c4cn(C)c5ccccc45)n2)CS(=O)(=O)CC3)c(OC)cc1N(C)CCN(C)C. The number of carbonyl (C=O) groups is 1. The number of amides is 1. The van der Waals surface area contributed by atoms with Crippen LogP contribution in [0.25, 0.3) is 22.2 Å². The number of aromatic nitrogens is 3. The van der Waals surface area contributed by atoms with E-state index in [2.05, 4.69) is 20.4 Å². The van der Waals surface area contributed by atoms with E-state index in [0.717, 1.165) is 35.2 Å². The second-order valence-electron chi connectivity index (χ2n) is 11.2. The summed E-state index contributed by atoms with van der Waals surface area (Å²) >= 11 is 0. The number of sulfone groups is 1. The van der Waals surface area contributed by atoms with Gasteiger partial charge in [0.1, 0.15) is 5.75 Å². The zero-order valence-electron chi connectivity index (χ0n) is 26.0. The average molecular weight is 618 g/mol. The van der Waals surface area contributed by atoms with Crippen molar-refractivity contribution in [3.05, 3.63) is 66.0 Å². The molecule has 1 aliphatic heterocycles. The van der Waals surface area contributed by atoms with Crippen LogP contribution >= 0.6 is 0 Å². The lowest BCUT2D eigenvalue weighted by Crippen LogP contribution is -2.29. The minimum absolute atomic E-state index is 0.0316. The van der Waals surface area contributed by atoms with Gasteiger partial charge in [-0.1, -0.05) is 24.3 Å². The van der Waals surface area contributed by atoms with E-state index in [4.69, 9.17) is 14.7 Å². The minimum atomic E-state index is -3.28. The van der Waals surface area contributed by atoms with Crippen molar-refractivity contribution in [2.45, 2.75) is 19.1 Å². The molecule has 0 bridgehead atoms. The second-order valence-corrected chi connectivity index (χ2v) is 13.4. The summed E-state index contributed by atoms with van der Waals surface area (Å²) < 4.78 is 33.3. The van der Waals surface area contributed by atoms with Gasteiger partial charge in [0.15, 0.2) is 9.84 Å². The third-order valence-electron chi connectivity index (χ3n) is 7.69. The highest BCUT2D eigenvalue weighted by atomic mass is 32.2. The molecule has 12 heteroatoms. The maximum atomic E-state index is 12.7. The molecule has 0 saturated carbocycles. The third-order valence-corrected chi connectivity index (χ3v) is 9.25. The standard InChI is InChI=1S/C32H39N7O4S/c1-7-10-30(40)33-25-17-26(29(43-6)18-28(25)38(4)15-14-37(2)3)35-32-34-24-13-16-44(41,42)20-23(24)31(36-32)22-19-39(5)27-12-9-8-11-21(22)27/h7-12,17-19H,13-16,20H2,1-6H3,(H,33,40)(H,34,35,36)/b10-7-. The quantitative estimate of drug-likeness (QED) is 0.250. The van der Waals surface area contributed by atoms with E-state index >= 15 is 0 Å². The number of nitrogens with one attached hydrogen (secondary N) is 2. The van der Waals surface area contributed by atoms with Crippen LogP contribution in [-0.2, 0) is 33.9 Å². The summed E-state index contributed by atoms with van der Waals surface area (Å²) in [6.07, 6.45) is 5.43. The zero-order valence-corrected chi connectivity index (χ0v) is 26.8. The number of ether oxygens (including phenoxy) is 1. The fourth-order valence-electron chi connectivity index (χ4n) is 5.41. The number of benzene rings is 2. The molecule has 0 atom stereocenters. The predicted octanol–water partition coefficient (Wildman–Crippen LogP) is 4.37. The first-order valence-corrected chi connectivity index (χ1v) is 16.2. The maximum Gasteiger partial charge on any atom is 0.248 e. The highest BCUT2D eigenvalue weighted by Gasteiger charge is 2.29. The fraction of sp³-hybridized carbons (Fsp3) is 0.344. The molecule has 0 unspecified atom stereocenters. The summed E-state index contributed by atoms with van der Waals surface area (Å²) in [7, 11) is 6.25. The molecule has 0 saturated heterocycles. The van der Waals surface area contributed by atoms with Crippen LogP contribution in [0.5, 0.6) is 5.75 Å². The van der Waals surface area contributed by atoms with Crippen LogP contribution < -0.4 is 20.3 Å². The Bertz CT molecular complexity index is 1850. The van der Waals surface area contributed by atoms with E-state index in [-0.39, 0.29) is 17.4 Å². The van der Waals surface area contributed by atoms with Crippen LogP contribution in [0.4, 0.5) is 23.0 Å². The Balaban J connectivity index is 1.62. The van der Waals surface area contributed by atoms with Crippen molar-refractivity contribution in [2.24, 2.45) is 7.05 Å². The number of carbonyl (C=O) groups excluding carboxylic acids is 1. The summed E-state index contributed by atoms with van der Waals surface area (Å²) in [5, 5.41) is 7.29. The van der Waals surface area contributed by atoms with Crippen molar-refractivity contribution >= 4 is 49.7 Å². The van der Waals surface area contributed by atoms with Gasteiger partial charge in [-0.05, 0) is 39.2 Å². The number of hydrogen-bond donors (Lipinski definition) is 2. The Morgan fingerprint density at radius 2 is 1.89 bits per heavy atom. The van der Waals surface area contributed by atoms with Crippen LogP contribution in [0.3, 0.4) is 0 Å². The molecule has 4 aromatic rings. The summed E-state index contributed by atoms with van der Waals surface area (Å²) in [5.74, 6) is 0.513. The average Bonchev–Trinajstić information content (AvgIpc) is 3.31. The summed E-state index contributed by atoms with van der Waals surface area (Å²) in [4.78, 5) is 26.5. The molecule has 232 valence electrons. The number of rotatable bonds is 10. The highest BCUT2D eigenvalue weighted by Crippen LogP contribution is 2.40. The van der Waals surface area contributed by atoms with Gasteiger partial charge >= 0.3 is 0 Å². The van der Waals surface area contributed by atoms with E-state index in [1.165, 1.54) is 6.08 Å². The smallest absolute Gasteiger partial charge is 0.248 e. The van der Waals surface area contributed by atoms with Crippen LogP contribution in [-0.4, -0.2) is 80.9 Å². The lowest BCUT2D eigenvalue weighted by atomic mass is 10.0. The number of anilines is 4. The molecule has 2 N–H and O–H groups in total. The number of nitrogens with zero attached hydrogens (tertiary/aromatic N) is 5.